The summed E-state index contributed by atoms with van der Waals surface area (Å²) in [5.74, 6) is 0.705. The number of nitro benzene ring substituents is 1. The van der Waals surface area contributed by atoms with Gasteiger partial charge >= 0.3 is 0 Å². The molecule has 0 unspecified atom stereocenters. The van der Waals surface area contributed by atoms with Gasteiger partial charge in [-0.15, -0.1) is 12.4 Å². The molecule has 1 aromatic rings. The van der Waals surface area contributed by atoms with E-state index in [2.05, 4.69) is 17.1 Å². The molecule has 1 aromatic carbocycles. The summed E-state index contributed by atoms with van der Waals surface area (Å²) in [7, 11) is 1.59. The minimum absolute atomic E-state index is 0. The predicted molar refractivity (Wildman–Crippen MR) is 79.6 cm³/mol. The molecular formula is C13H20ClN3O3. The number of nitrogens with one attached hydrogen (secondary N) is 1. The molecule has 1 aliphatic rings. The van der Waals surface area contributed by atoms with Gasteiger partial charge in [0.15, 0.2) is 0 Å². The van der Waals surface area contributed by atoms with Gasteiger partial charge in [0.1, 0.15) is 5.75 Å². The van der Waals surface area contributed by atoms with Crippen molar-refractivity contribution in [2.75, 3.05) is 26.7 Å². The van der Waals surface area contributed by atoms with Gasteiger partial charge < -0.3 is 10.1 Å². The van der Waals surface area contributed by atoms with E-state index >= 15 is 0 Å². The SMILES string of the molecule is COc1ccc([N+](=O)[O-])cc1CN1CCNC[C@@H]1C.Cl. The largest absolute Gasteiger partial charge is 0.496 e. The van der Waals surface area contributed by atoms with Crippen LogP contribution in [0.15, 0.2) is 18.2 Å². The summed E-state index contributed by atoms with van der Waals surface area (Å²) < 4.78 is 5.29. The zero-order chi connectivity index (χ0) is 13.8. The molecule has 7 heteroatoms. The maximum atomic E-state index is 10.9. The minimum Gasteiger partial charge on any atom is -0.496 e. The van der Waals surface area contributed by atoms with Crippen LogP contribution in [-0.2, 0) is 6.54 Å². The van der Waals surface area contributed by atoms with Gasteiger partial charge in [0.05, 0.1) is 12.0 Å². The molecule has 0 amide bonds. The fourth-order valence-corrected chi connectivity index (χ4v) is 2.34. The summed E-state index contributed by atoms with van der Waals surface area (Å²) in [6.45, 7) is 5.65. The zero-order valence-corrected chi connectivity index (χ0v) is 12.5. The fraction of sp³-hybridized carbons (Fsp3) is 0.538. The van der Waals surface area contributed by atoms with E-state index in [9.17, 15) is 10.1 Å². The van der Waals surface area contributed by atoms with E-state index in [0.717, 1.165) is 25.2 Å². The van der Waals surface area contributed by atoms with Crippen LogP contribution in [0.4, 0.5) is 5.69 Å². The molecule has 0 bridgehead atoms. The average molecular weight is 302 g/mol. The zero-order valence-electron chi connectivity index (χ0n) is 11.7. The average Bonchev–Trinajstić information content (AvgIpc) is 2.41. The van der Waals surface area contributed by atoms with Crippen molar-refractivity contribution in [1.29, 1.82) is 0 Å². The van der Waals surface area contributed by atoms with Crippen molar-refractivity contribution in [2.45, 2.75) is 19.5 Å². The minimum atomic E-state index is -0.371. The van der Waals surface area contributed by atoms with Crippen molar-refractivity contribution >= 4 is 18.1 Å². The van der Waals surface area contributed by atoms with Gasteiger partial charge in [-0.1, -0.05) is 0 Å². The van der Waals surface area contributed by atoms with Gasteiger partial charge in [0.2, 0.25) is 0 Å². The van der Waals surface area contributed by atoms with E-state index in [0.29, 0.717) is 18.3 Å². The van der Waals surface area contributed by atoms with Crippen LogP contribution in [0.2, 0.25) is 0 Å². The van der Waals surface area contributed by atoms with E-state index in [-0.39, 0.29) is 23.0 Å². The van der Waals surface area contributed by atoms with Crippen molar-refractivity contribution in [2.24, 2.45) is 0 Å². The number of piperazine rings is 1. The lowest BCUT2D eigenvalue weighted by Gasteiger charge is -2.34. The molecule has 1 fully saturated rings. The highest BCUT2D eigenvalue weighted by Gasteiger charge is 2.20. The van der Waals surface area contributed by atoms with Crippen LogP contribution in [0.5, 0.6) is 5.75 Å². The Labute approximate surface area is 124 Å². The summed E-state index contributed by atoms with van der Waals surface area (Å²) >= 11 is 0. The number of methoxy groups -OCH3 is 1. The first kappa shape index (κ1) is 16.7. The Morgan fingerprint density at radius 1 is 1.55 bits per heavy atom. The molecule has 0 radical (unpaired) electrons. The molecule has 1 atom stereocenters. The second-order valence-electron chi connectivity index (χ2n) is 4.78. The highest BCUT2D eigenvalue weighted by Crippen LogP contribution is 2.26. The topological polar surface area (TPSA) is 67.6 Å². The Kier molecular flexibility index (Phi) is 6.19. The first-order valence-corrected chi connectivity index (χ1v) is 6.38. The lowest BCUT2D eigenvalue weighted by Crippen LogP contribution is -2.49. The first-order chi connectivity index (χ1) is 9.11. The molecule has 0 spiro atoms. The Balaban J connectivity index is 0.00000200. The van der Waals surface area contributed by atoms with Crippen molar-refractivity contribution in [1.82, 2.24) is 10.2 Å². The van der Waals surface area contributed by atoms with Crippen molar-refractivity contribution in [3.63, 3.8) is 0 Å². The number of nitro groups is 1. The molecule has 0 aliphatic carbocycles. The quantitative estimate of drug-likeness (QED) is 0.679. The molecule has 6 nitrogen and oxygen atoms in total. The summed E-state index contributed by atoms with van der Waals surface area (Å²) in [6.07, 6.45) is 0. The van der Waals surface area contributed by atoms with Crippen molar-refractivity contribution < 1.29 is 9.66 Å². The van der Waals surface area contributed by atoms with Gasteiger partial charge in [0.25, 0.3) is 5.69 Å². The number of halogens is 1. The number of non-ortho nitro benzene ring substituents is 1. The van der Waals surface area contributed by atoms with Crippen LogP contribution in [0.3, 0.4) is 0 Å². The number of benzene rings is 1. The van der Waals surface area contributed by atoms with Crippen LogP contribution in [0.25, 0.3) is 0 Å². The molecule has 20 heavy (non-hydrogen) atoms. The van der Waals surface area contributed by atoms with E-state index in [4.69, 9.17) is 4.74 Å². The third-order valence-corrected chi connectivity index (χ3v) is 3.49. The Bertz CT molecular complexity index is 470. The van der Waals surface area contributed by atoms with Crippen LogP contribution < -0.4 is 10.1 Å². The first-order valence-electron chi connectivity index (χ1n) is 6.38. The van der Waals surface area contributed by atoms with Crippen molar-refractivity contribution in [3.05, 3.63) is 33.9 Å². The molecule has 1 heterocycles. The Morgan fingerprint density at radius 3 is 2.90 bits per heavy atom. The highest BCUT2D eigenvalue weighted by molar-refractivity contribution is 5.85. The lowest BCUT2D eigenvalue weighted by molar-refractivity contribution is -0.385. The number of rotatable bonds is 4. The molecule has 0 aromatic heterocycles. The molecule has 2 rings (SSSR count). The standard InChI is InChI=1S/C13H19N3O3.ClH/c1-10-8-14-5-6-15(10)9-11-7-12(16(17)18)3-4-13(11)19-2;/h3-4,7,10,14H,5-6,8-9H2,1-2H3;1H/t10-;/m0./s1. The fourth-order valence-electron chi connectivity index (χ4n) is 2.34. The van der Waals surface area contributed by atoms with E-state index < -0.39 is 0 Å². The van der Waals surface area contributed by atoms with Crippen LogP contribution in [-0.4, -0.2) is 42.6 Å². The summed E-state index contributed by atoms with van der Waals surface area (Å²) in [5.41, 5.74) is 0.976. The van der Waals surface area contributed by atoms with E-state index in [1.807, 2.05) is 0 Å². The summed E-state index contributed by atoms with van der Waals surface area (Å²) in [5, 5.41) is 14.2. The molecular weight excluding hydrogens is 282 g/mol. The Morgan fingerprint density at radius 2 is 2.30 bits per heavy atom. The van der Waals surface area contributed by atoms with Gasteiger partial charge in [-0.25, -0.2) is 0 Å². The van der Waals surface area contributed by atoms with E-state index in [1.54, 1.807) is 19.2 Å². The second-order valence-corrected chi connectivity index (χ2v) is 4.78. The summed E-state index contributed by atoms with van der Waals surface area (Å²) in [4.78, 5) is 12.8. The maximum absolute atomic E-state index is 10.9. The molecule has 1 aliphatic heterocycles. The van der Waals surface area contributed by atoms with Crippen molar-refractivity contribution in [3.8, 4) is 5.75 Å². The summed E-state index contributed by atoms with van der Waals surface area (Å²) in [6, 6.07) is 5.16. The maximum Gasteiger partial charge on any atom is 0.270 e. The number of ether oxygens (including phenoxy) is 1. The third kappa shape index (κ3) is 3.82. The highest BCUT2D eigenvalue weighted by atomic mass is 35.5. The number of nitrogens with zero attached hydrogens (tertiary/aromatic N) is 2. The van der Waals surface area contributed by atoms with Gasteiger partial charge in [-0.05, 0) is 13.0 Å². The molecule has 0 saturated carbocycles. The van der Waals surface area contributed by atoms with Crippen LogP contribution >= 0.6 is 12.4 Å². The molecule has 1 N–H and O–H groups in total. The lowest BCUT2D eigenvalue weighted by atomic mass is 10.1. The van der Waals surface area contributed by atoms with Gasteiger partial charge in [-0.3, -0.25) is 15.0 Å². The Hall–Kier alpha value is -1.37. The number of hydrogen-bond donors (Lipinski definition) is 1. The van der Waals surface area contributed by atoms with Crippen LogP contribution in [0.1, 0.15) is 12.5 Å². The van der Waals surface area contributed by atoms with Crippen LogP contribution in [0, 0.1) is 10.1 Å². The second kappa shape index (κ2) is 7.42. The van der Waals surface area contributed by atoms with E-state index in [1.165, 1.54) is 6.07 Å². The smallest absolute Gasteiger partial charge is 0.270 e. The molecule has 1 saturated heterocycles. The van der Waals surface area contributed by atoms with Gasteiger partial charge in [0, 0.05) is 49.9 Å². The van der Waals surface area contributed by atoms with Gasteiger partial charge in [-0.2, -0.15) is 0 Å². The number of hydrogen-bond acceptors (Lipinski definition) is 5. The molecule has 112 valence electrons. The third-order valence-electron chi connectivity index (χ3n) is 3.49. The normalized spacial score (nSPS) is 19.2. The monoisotopic (exact) mass is 301 g/mol. The predicted octanol–water partition coefficient (Wildman–Crippen LogP) is 1.82.